The molecule has 3 aromatic carbocycles. The van der Waals surface area contributed by atoms with Crippen molar-refractivity contribution in [3.05, 3.63) is 86.8 Å². The zero-order valence-corrected chi connectivity index (χ0v) is 16.4. The number of carbonyl (C=O) groups is 1. The van der Waals surface area contributed by atoms with Crippen molar-refractivity contribution < 1.29 is 9.72 Å². The van der Waals surface area contributed by atoms with Gasteiger partial charge in [0.15, 0.2) is 4.32 Å². The van der Waals surface area contributed by atoms with Gasteiger partial charge in [-0.1, -0.05) is 72.5 Å². The van der Waals surface area contributed by atoms with Gasteiger partial charge in [-0.05, 0) is 30.0 Å². The van der Waals surface area contributed by atoms with E-state index in [9.17, 15) is 14.9 Å². The van der Waals surface area contributed by atoms with Crippen molar-refractivity contribution in [2.24, 2.45) is 0 Å². The number of nitro groups is 1. The SMILES string of the molecule is Cc1ccc(/C=C2/SC(=S)N(c3cccc4ccccc34)C2=O)cc1[N+](=O)[O-]. The highest BCUT2D eigenvalue weighted by Gasteiger charge is 2.34. The van der Waals surface area contributed by atoms with E-state index in [1.54, 1.807) is 25.1 Å². The molecule has 3 aromatic rings. The number of thioether (sulfide) groups is 1. The summed E-state index contributed by atoms with van der Waals surface area (Å²) < 4.78 is 0.439. The van der Waals surface area contributed by atoms with Crippen molar-refractivity contribution in [2.45, 2.75) is 6.92 Å². The topological polar surface area (TPSA) is 63.5 Å². The third kappa shape index (κ3) is 3.19. The Hall–Kier alpha value is -3.03. The summed E-state index contributed by atoms with van der Waals surface area (Å²) in [5.41, 5.74) is 1.93. The number of thiocarbonyl (C=S) groups is 1. The van der Waals surface area contributed by atoms with Crippen molar-refractivity contribution in [2.75, 3.05) is 4.90 Å². The quantitative estimate of drug-likeness (QED) is 0.250. The molecule has 0 bridgehead atoms. The van der Waals surface area contributed by atoms with Crippen LogP contribution in [0, 0.1) is 17.0 Å². The molecule has 1 aliphatic rings. The summed E-state index contributed by atoms with van der Waals surface area (Å²) in [6.45, 7) is 1.68. The van der Waals surface area contributed by atoms with Crippen LogP contribution in [0.3, 0.4) is 0 Å². The lowest BCUT2D eigenvalue weighted by molar-refractivity contribution is -0.385. The second kappa shape index (κ2) is 7.18. The molecule has 0 unspecified atom stereocenters. The molecule has 4 rings (SSSR count). The lowest BCUT2D eigenvalue weighted by Crippen LogP contribution is -2.27. The first kappa shape index (κ1) is 18.3. The van der Waals surface area contributed by atoms with Crippen LogP contribution < -0.4 is 4.90 Å². The number of anilines is 1. The van der Waals surface area contributed by atoms with Crippen molar-refractivity contribution in [3.63, 3.8) is 0 Å². The highest BCUT2D eigenvalue weighted by Crippen LogP contribution is 2.39. The normalized spacial score (nSPS) is 15.6. The molecule has 0 saturated carbocycles. The average Bonchev–Trinajstić information content (AvgIpc) is 2.96. The Morgan fingerprint density at radius 2 is 1.86 bits per heavy atom. The van der Waals surface area contributed by atoms with E-state index in [1.807, 2.05) is 42.5 Å². The molecular weight excluding hydrogens is 392 g/mol. The van der Waals surface area contributed by atoms with Gasteiger partial charge in [-0.15, -0.1) is 0 Å². The zero-order valence-electron chi connectivity index (χ0n) is 14.8. The zero-order chi connectivity index (χ0) is 19.8. The average molecular weight is 406 g/mol. The number of rotatable bonds is 3. The van der Waals surface area contributed by atoms with Crippen molar-refractivity contribution in [1.82, 2.24) is 0 Å². The molecule has 28 heavy (non-hydrogen) atoms. The predicted octanol–water partition coefficient (Wildman–Crippen LogP) is 5.46. The van der Waals surface area contributed by atoms with Crippen molar-refractivity contribution >= 4 is 62.4 Å². The summed E-state index contributed by atoms with van der Waals surface area (Å²) in [5.74, 6) is -0.227. The molecule has 0 N–H and O–H groups in total. The van der Waals surface area contributed by atoms with Gasteiger partial charge in [-0.2, -0.15) is 0 Å². The Balaban J connectivity index is 1.75. The lowest BCUT2D eigenvalue weighted by Gasteiger charge is -2.17. The summed E-state index contributed by atoms with van der Waals surface area (Å²) in [6.07, 6.45) is 1.65. The third-order valence-corrected chi connectivity index (χ3v) is 5.83. The van der Waals surface area contributed by atoms with Crippen LogP contribution in [-0.4, -0.2) is 15.2 Å². The Morgan fingerprint density at radius 3 is 2.64 bits per heavy atom. The molecule has 0 radical (unpaired) electrons. The molecule has 1 heterocycles. The third-order valence-electron chi connectivity index (χ3n) is 4.53. The van der Waals surface area contributed by atoms with Gasteiger partial charge in [0.1, 0.15) is 0 Å². The molecule has 1 aliphatic heterocycles. The van der Waals surface area contributed by atoms with Gasteiger partial charge in [0.25, 0.3) is 11.6 Å². The number of nitrogens with zero attached hydrogens (tertiary/aromatic N) is 2. The van der Waals surface area contributed by atoms with E-state index in [1.165, 1.54) is 22.7 Å². The van der Waals surface area contributed by atoms with Gasteiger partial charge >= 0.3 is 0 Å². The monoisotopic (exact) mass is 406 g/mol. The molecule has 7 heteroatoms. The van der Waals surface area contributed by atoms with Crippen LogP contribution in [0.15, 0.2) is 65.6 Å². The van der Waals surface area contributed by atoms with Crippen LogP contribution >= 0.6 is 24.0 Å². The number of hydrogen-bond donors (Lipinski definition) is 0. The van der Waals surface area contributed by atoms with E-state index < -0.39 is 4.92 Å². The molecule has 0 spiro atoms. The Morgan fingerprint density at radius 1 is 1.11 bits per heavy atom. The standard InChI is InChI=1S/C21H14N2O3S2/c1-13-9-10-14(11-18(13)23(25)26)12-19-20(24)22(21(27)28-19)17-8-4-6-15-5-2-3-7-16(15)17/h2-12H,1H3/b19-12+. The molecule has 0 aromatic heterocycles. The molecule has 0 atom stereocenters. The second-order valence-electron chi connectivity index (χ2n) is 6.32. The van der Waals surface area contributed by atoms with Crippen LogP contribution in [-0.2, 0) is 4.79 Å². The minimum atomic E-state index is -0.423. The molecule has 1 fully saturated rings. The number of benzene rings is 3. The number of aryl methyl sites for hydroxylation is 1. The molecular formula is C21H14N2O3S2. The van der Waals surface area contributed by atoms with Crippen molar-refractivity contribution in [3.8, 4) is 0 Å². The summed E-state index contributed by atoms with van der Waals surface area (Å²) in [5, 5.41) is 13.1. The maximum Gasteiger partial charge on any atom is 0.272 e. The first-order valence-corrected chi connectivity index (χ1v) is 9.69. The van der Waals surface area contributed by atoms with Crippen LogP contribution in [0.2, 0.25) is 0 Å². The largest absolute Gasteiger partial charge is 0.272 e. The highest BCUT2D eigenvalue weighted by molar-refractivity contribution is 8.27. The van der Waals surface area contributed by atoms with Crippen LogP contribution in [0.1, 0.15) is 11.1 Å². The van der Waals surface area contributed by atoms with Crippen LogP contribution in [0.5, 0.6) is 0 Å². The molecule has 5 nitrogen and oxygen atoms in total. The smallest absolute Gasteiger partial charge is 0.268 e. The number of fused-ring (bicyclic) bond motifs is 1. The number of hydrogen-bond acceptors (Lipinski definition) is 5. The Bertz CT molecular complexity index is 1180. The second-order valence-corrected chi connectivity index (χ2v) is 7.99. The van der Waals surface area contributed by atoms with E-state index >= 15 is 0 Å². The van der Waals surface area contributed by atoms with Crippen LogP contribution in [0.25, 0.3) is 16.8 Å². The first-order chi connectivity index (χ1) is 13.5. The van der Waals surface area contributed by atoms with E-state index in [-0.39, 0.29) is 11.6 Å². The van der Waals surface area contributed by atoms with Crippen LogP contribution in [0.4, 0.5) is 11.4 Å². The summed E-state index contributed by atoms with van der Waals surface area (Å²) in [4.78, 5) is 25.8. The molecule has 138 valence electrons. The van der Waals surface area contributed by atoms with E-state index in [0.717, 1.165) is 16.5 Å². The predicted molar refractivity (Wildman–Crippen MR) is 117 cm³/mol. The fourth-order valence-corrected chi connectivity index (χ4v) is 4.43. The Labute approximate surface area is 170 Å². The fraction of sp³-hybridized carbons (Fsp3) is 0.0476. The molecule has 1 saturated heterocycles. The number of nitro benzene ring substituents is 1. The molecule has 0 aliphatic carbocycles. The van der Waals surface area contributed by atoms with Gasteiger partial charge in [0.2, 0.25) is 0 Å². The first-order valence-electron chi connectivity index (χ1n) is 8.46. The summed E-state index contributed by atoms with van der Waals surface area (Å²) in [6, 6.07) is 18.5. The number of carbonyl (C=O) groups excluding carboxylic acids is 1. The van der Waals surface area contributed by atoms with Gasteiger partial charge in [0.05, 0.1) is 15.5 Å². The van der Waals surface area contributed by atoms with E-state index in [0.29, 0.717) is 20.4 Å². The van der Waals surface area contributed by atoms with Gasteiger partial charge in [0, 0.05) is 17.0 Å². The van der Waals surface area contributed by atoms with Gasteiger partial charge in [-0.3, -0.25) is 19.8 Å². The van der Waals surface area contributed by atoms with Gasteiger partial charge in [-0.25, -0.2) is 0 Å². The van der Waals surface area contributed by atoms with Crippen molar-refractivity contribution in [1.29, 1.82) is 0 Å². The minimum absolute atomic E-state index is 0.0262. The van der Waals surface area contributed by atoms with E-state index in [4.69, 9.17) is 12.2 Å². The number of amides is 1. The minimum Gasteiger partial charge on any atom is -0.268 e. The Kier molecular flexibility index (Phi) is 4.70. The fourth-order valence-electron chi connectivity index (χ4n) is 3.14. The maximum atomic E-state index is 13.1. The molecule has 1 amide bonds. The maximum absolute atomic E-state index is 13.1. The summed E-state index contributed by atoms with van der Waals surface area (Å²) >= 11 is 6.66. The van der Waals surface area contributed by atoms with E-state index in [2.05, 4.69) is 0 Å². The highest BCUT2D eigenvalue weighted by atomic mass is 32.2. The lowest BCUT2D eigenvalue weighted by atomic mass is 10.1. The summed E-state index contributed by atoms with van der Waals surface area (Å²) in [7, 11) is 0. The van der Waals surface area contributed by atoms with Gasteiger partial charge < -0.3 is 0 Å².